The molecule has 1 saturated heterocycles. The van der Waals surface area contributed by atoms with E-state index in [-0.39, 0.29) is 12.4 Å². The minimum atomic E-state index is -0.409. The summed E-state index contributed by atoms with van der Waals surface area (Å²) in [5, 5.41) is 12.9. The minimum absolute atomic E-state index is 0.0273. The minimum Gasteiger partial charge on any atom is -0.394 e. The molecule has 18 heavy (non-hydrogen) atoms. The predicted molar refractivity (Wildman–Crippen MR) is 71.2 cm³/mol. The molecule has 0 spiro atoms. The van der Waals surface area contributed by atoms with Gasteiger partial charge in [0.05, 0.1) is 17.8 Å². The average molecular weight is 252 g/mol. The molecule has 0 amide bonds. The Morgan fingerprint density at radius 1 is 1.50 bits per heavy atom. The molecule has 1 aliphatic rings. The van der Waals surface area contributed by atoms with Gasteiger partial charge >= 0.3 is 0 Å². The number of benzene rings is 1. The second-order valence-corrected chi connectivity index (χ2v) is 5.33. The summed E-state index contributed by atoms with van der Waals surface area (Å²) in [6.45, 7) is 3.06. The summed E-state index contributed by atoms with van der Waals surface area (Å²) in [6.07, 6.45) is 1.63. The van der Waals surface area contributed by atoms with E-state index in [0.717, 1.165) is 19.4 Å². The van der Waals surface area contributed by atoms with E-state index in [0.29, 0.717) is 11.7 Å². The van der Waals surface area contributed by atoms with Crippen LogP contribution in [0.4, 0.5) is 10.1 Å². The Balaban J connectivity index is 2.16. The van der Waals surface area contributed by atoms with E-state index in [4.69, 9.17) is 0 Å². The van der Waals surface area contributed by atoms with Crippen LogP contribution in [0.5, 0.6) is 0 Å². The van der Waals surface area contributed by atoms with E-state index in [2.05, 4.69) is 24.2 Å². The first kappa shape index (κ1) is 13.3. The first-order valence-corrected chi connectivity index (χ1v) is 6.40. The Hall–Kier alpha value is -1.13. The van der Waals surface area contributed by atoms with Gasteiger partial charge in [0, 0.05) is 12.6 Å². The zero-order chi connectivity index (χ0) is 13.2. The van der Waals surface area contributed by atoms with Crippen LogP contribution in [-0.2, 0) is 0 Å². The summed E-state index contributed by atoms with van der Waals surface area (Å²) >= 11 is 0. The third-order valence-electron chi connectivity index (χ3n) is 3.96. The van der Waals surface area contributed by atoms with Crippen LogP contribution in [0.25, 0.3) is 0 Å². The van der Waals surface area contributed by atoms with Crippen molar-refractivity contribution < 1.29 is 9.50 Å². The third kappa shape index (κ3) is 2.65. The van der Waals surface area contributed by atoms with E-state index >= 15 is 0 Å². The first-order chi connectivity index (χ1) is 8.56. The number of piperidine rings is 1. The number of nitrogens with zero attached hydrogens (tertiary/aromatic N) is 1. The van der Waals surface area contributed by atoms with Crippen molar-refractivity contribution >= 4 is 5.69 Å². The zero-order valence-electron chi connectivity index (χ0n) is 11.0. The predicted octanol–water partition coefficient (Wildman–Crippen LogP) is 2.08. The standard InChI is InChI=1S/C14H21FN2O/c1-11-9-14(10-18,7-8-17(11)2)16-13-6-4-3-5-12(13)15/h3-6,11,16,18H,7-10H2,1-2H3. The Kier molecular flexibility index (Phi) is 3.88. The highest BCUT2D eigenvalue weighted by Crippen LogP contribution is 2.30. The fraction of sp³-hybridized carbons (Fsp3) is 0.571. The number of aliphatic hydroxyl groups is 1. The fourth-order valence-corrected chi connectivity index (χ4v) is 2.58. The lowest BCUT2D eigenvalue weighted by Crippen LogP contribution is -2.54. The van der Waals surface area contributed by atoms with E-state index in [1.807, 2.05) is 0 Å². The number of para-hydroxylation sites is 1. The van der Waals surface area contributed by atoms with Crippen LogP contribution in [0.15, 0.2) is 24.3 Å². The number of rotatable bonds is 3. The van der Waals surface area contributed by atoms with Crippen molar-refractivity contribution in [3.05, 3.63) is 30.1 Å². The normalized spacial score (nSPS) is 29.2. The number of halogens is 1. The summed E-state index contributed by atoms with van der Waals surface area (Å²) in [7, 11) is 2.08. The summed E-state index contributed by atoms with van der Waals surface area (Å²) in [6, 6.07) is 7.00. The lowest BCUT2D eigenvalue weighted by molar-refractivity contribution is 0.0967. The molecule has 1 aliphatic heterocycles. The first-order valence-electron chi connectivity index (χ1n) is 6.40. The monoisotopic (exact) mass is 252 g/mol. The molecule has 2 N–H and O–H groups in total. The highest BCUT2D eigenvalue weighted by atomic mass is 19.1. The van der Waals surface area contributed by atoms with Crippen LogP contribution in [0, 0.1) is 5.82 Å². The lowest BCUT2D eigenvalue weighted by atomic mass is 9.84. The maximum atomic E-state index is 13.7. The second-order valence-electron chi connectivity index (χ2n) is 5.33. The van der Waals surface area contributed by atoms with Gasteiger partial charge in [-0.15, -0.1) is 0 Å². The molecular weight excluding hydrogens is 231 g/mol. The lowest BCUT2D eigenvalue weighted by Gasteiger charge is -2.44. The molecule has 2 unspecified atom stereocenters. The van der Waals surface area contributed by atoms with Gasteiger partial charge in [-0.05, 0) is 38.9 Å². The molecule has 1 heterocycles. The van der Waals surface area contributed by atoms with Gasteiger partial charge in [0.2, 0.25) is 0 Å². The van der Waals surface area contributed by atoms with E-state index < -0.39 is 5.54 Å². The van der Waals surface area contributed by atoms with E-state index in [9.17, 15) is 9.50 Å². The third-order valence-corrected chi connectivity index (χ3v) is 3.96. The van der Waals surface area contributed by atoms with Gasteiger partial charge < -0.3 is 15.3 Å². The van der Waals surface area contributed by atoms with Crippen molar-refractivity contribution in [3.63, 3.8) is 0 Å². The van der Waals surface area contributed by atoms with E-state index in [1.165, 1.54) is 6.07 Å². The van der Waals surface area contributed by atoms with Gasteiger partial charge in [-0.3, -0.25) is 0 Å². The molecule has 100 valence electrons. The summed E-state index contributed by atoms with van der Waals surface area (Å²) in [5.41, 5.74) is 0.0667. The Morgan fingerprint density at radius 2 is 2.22 bits per heavy atom. The van der Waals surface area contributed by atoms with Crippen molar-refractivity contribution in [2.24, 2.45) is 0 Å². The number of likely N-dealkylation sites (tertiary alicyclic amines) is 1. The van der Waals surface area contributed by atoms with Crippen LogP contribution in [-0.4, -0.2) is 41.8 Å². The summed E-state index contributed by atoms with van der Waals surface area (Å²) < 4.78 is 13.7. The molecule has 2 atom stereocenters. The van der Waals surface area contributed by atoms with Crippen LogP contribution in [0.3, 0.4) is 0 Å². The second kappa shape index (κ2) is 5.24. The molecular formula is C14H21FN2O. The van der Waals surface area contributed by atoms with Crippen LogP contribution in [0.2, 0.25) is 0 Å². The van der Waals surface area contributed by atoms with Crippen molar-refractivity contribution in [2.45, 2.75) is 31.3 Å². The van der Waals surface area contributed by atoms with Crippen LogP contribution >= 0.6 is 0 Å². The smallest absolute Gasteiger partial charge is 0.146 e. The Labute approximate surface area is 108 Å². The molecule has 0 aliphatic carbocycles. The van der Waals surface area contributed by atoms with Gasteiger partial charge in [-0.2, -0.15) is 0 Å². The van der Waals surface area contributed by atoms with Gasteiger partial charge in [-0.25, -0.2) is 4.39 Å². The molecule has 0 saturated carbocycles. The topological polar surface area (TPSA) is 35.5 Å². The number of anilines is 1. The Bertz CT molecular complexity index is 413. The van der Waals surface area contributed by atoms with Gasteiger partial charge in [-0.1, -0.05) is 12.1 Å². The van der Waals surface area contributed by atoms with Crippen LogP contribution < -0.4 is 5.32 Å². The van der Waals surface area contributed by atoms with Gasteiger partial charge in [0.1, 0.15) is 5.82 Å². The molecule has 0 aromatic heterocycles. The number of hydrogen-bond acceptors (Lipinski definition) is 3. The molecule has 4 heteroatoms. The maximum Gasteiger partial charge on any atom is 0.146 e. The molecule has 1 aromatic rings. The number of hydrogen-bond donors (Lipinski definition) is 2. The molecule has 0 bridgehead atoms. The molecule has 2 rings (SSSR count). The summed E-state index contributed by atoms with van der Waals surface area (Å²) in [4.78, 5) is 2.26. The van der Waals surface area contributed by atoms with Gasteiger partial charge in [0.25, 0.3) is 0 Å². The zero-order valence-corrected chi connectivity index (χ0v) is 11.0. The number of aliphatic hydroxyl groups excluding tert-OH is 1. The van der Waals surface area contributed by atoms with Crippen molar-refractivity contribution in [1.29, 1.82) is 0 Å². The van der Waals surface area contributed by atoms with Gasteiger partial charge in [0.15, 0.2) is 0 Å². The maximum absolute atomic E-state index is 13.7. The quantitative estimate of drug-likeness (QED) is 0.864. The summed E-state index contributed by atoms with van der Waals surface area (Å²) in [5.74, 6) is -0.267. The van der Waals surface area contributed by atoms with Crippen molar-refractivity contribution in [3.8, 4) is 0 Å². The Morgan fingerprint density at radius 3 is 2.83 bits per heavy atom. The number of nitrogens with one attached hydrogen (secondary N) is 1. The SMILES string of the molecule is CC1CC(CO)(Nc2ccccc2F)CCN1C. The fourth-order valence-electron chi connectivity index (χ4n) is 2.58. The average Bonchev–Trinajstić information content (AvgIpc) is 2.37. The largest absolute Gasteiger partial charge is 0.394 e. The molecule has 3 nitrogen and oxygen atoms in total. The van der Waals surface area contributed by atoms with Crippen LogP contribution in [0.1, 0.15) is 19.8 Å². The van der Waals surface area contributed by atoms with Crippen molar-refractivity contribution in [2.75, 3.05) is 25.5 Å². The highest BCUT2D eigenvalue weighted by Gasteiger charge is 2.36. The highest BCUT2D eigenvalue weighted by molar-refractivity contribution is 5.47. The molecule has 1 fully saturated rings. The molecule has 0 radical (unpaired) electrons. The van der Waals surface area contributed by atoms with Crippen molar-refractivity contribution in [1.82, 2.24) is 4.90 Å². The van der Waals surface area contributed by atoms with E-state index in [1.54, 1.807) is 18.2 Å². The molecule has 1 aromatic carbocycles.